The van der Waals surface area contributed by atoms with Gasteiger partial charge in [-0.05, 0) is 24.3 Å². The maximum Gasteiger partial charge on any atom is 0.416 e. The molecule has 3 rings (SSSR count). The normalized spacial score (nSPS) is 14.6. The Morgan fingerprint density at radius 1 is 1.00 bits per heavy atom. The Balaban J connectivity index is 1.89. The maximum absolute atomic E-state index is 12.6. The van der Waals surface area contributed by atoms with Crippen LogP contribution in [0.15, 0.2) is 41.3 Å². The van der Waals surface area contributed by atoms with Gasteiger partial charge in [0.1, 0.15) is 0 Å². The molecule has 0 aliphatic carbocycles. The highest BCUT2D eigenvalue weighted by Gasteiger charge is 2.30. The monoisotopic (exact) mass is 407 g/mol. The molecule has 0 saturated heterocycles. The van der Waals surface area contributed by atoms with Gasteiger partial charge in [-0.3, -0.25) is 4.72 Å². The fourth-order valence-corrected chi connectivity index (χ4v) is 3.62. The van der Waals surface area contributed by atoms with Crippen molar-refractivity contribution in [2.45, 2.75) is 17.5 Å². The predicted octanol–water partition coefficient (Wildman–Crippen LogP) is 4.32. The number of nitrogens with one attached hydrogen (secondary N) is 1. The minimum Gasteiger partial charge on any atom is -0.490 e. The number of fused-ring (bicyclic) bond motifs is 1. The molecule has 1 N–H and O–H groups in total. The molecule has 10 heteroatoms. The number of rotatable bonds is 3. The first kappa shape index (κ1) is 18.7. The number of benzene rings is 2. The fraction of sp³-hybridized carbons (Fsp3) is 0.250. The van der Waals surface area contributed by atoms with Gasteiger partial charge in [0, 0.05) is 18.6 Å². The SMILES string of the molecule is O=S(=O)(Nc1cc2c(cc1Cl)OCCCO2)c1ccc(C(F)(F)F)cc1. The summed E-state index contributed by atoms with van der Waals surface area (Å²) in [7, 11) is -4.13. The Bertz CT molecular complexity index is 914. The molecular formula is C16H13ClF3NO4S. The Kier molecular flexibility index (Phi) is 4.94. The average Bonchev–Trinajstić information content (AvgIpc) is 2.79. The van der Waals surface area contributed by atoms with Crippen LogP contribution < -0.4 is 14.2 Å². The van der Waals surface area contributed by atoms with E-state index in [1.165, 1.54) is 12.1 Å². The van der Waals surface area contributed by atoms with E-state index in [2.05, 4.69) is 4.72 Å². The topological polar surface area (TPSA) is 64.6 Å². The molecule has 1 aliphatic rings. The summed E-state index contributed by atoms with van der Waals surface area (Å²) in [4.78, 5) is -0.325. The number of hydrogen-bond donors (Lipinski definition) is 1. The van der Waals surface area contributed by atoms with Crippen molar-refractivity contribution < 1.29 is 31.1 Å². The molecule has 1 heterocycles. The van der Waals surface area contributed by atoms with Crippen molar-refractivity contribution in [3.63, 3.8) is 0 Å². The highest BCUT2D eigenvalue weighted by atomic mass is 35.5. The summed E-state index contributed by atoms with van der Waals surface area (Å²) >= 11 is 6.08. The van der Waals surface area contributed by atoms with Crippen molar-refractivity contribution in [2.24, 2.45) is 0 Å². The molecule has 0 spiro atoms. The third kappa shape index (κ3) is 3.99. The van der Waals surface area contributed by atoms with Crippen LogP contribution in [0.25, 0.3) is 0 Å². The first-order chi connectivity index (χ1) is 12.2. The summed E-state index contributed by atoms with van der Waals surface area (Å²) in [5.41, 5.74) is -0.902. The number of ether oxygens (including phenoxy) is 2. The van der Waals surface area contributed by atoms with Crippen LogP contribution in [0.5, 0.6) is 11.5 Å². The van der Waals surface area contributed by atoms with Gasteiger partial charge in [0.2, 0.25) is 0 Å². The molecule has 0 bridgehead atoms. The second kappa shape index (κ2) is 6.88. The first-order valence-corrected chi connectivity index (χ1v) is 9.32. The fourth-order valence-electron chi connectivity index (χ4n) is 2.29. The lowest BCUT2D eigenvalue weighted by atomic mass is 10.2. The van der Waals surface area contributed by atoms with E-state index in [-0.39, 0.29) is 15.6 Å². The van der Waals surface area contributed by atoms with Crippen LogP contribution in [0.2, 0.25) is 5.02 Å². The van der Waals surface area contributed by atoms with Gasteiger partial charge in [-0.1, -0.05) is 11.6 Å². The number of anilines is 1. The summed E-state index contributed by atoms with van der Waals surface area (Å²) in [6.07, 6.45) is -3.88. The van der Waals surface area contributed by atoms with E-state index in [4.69, 9.17) is 21.1 Å². The zero-order chi connectivity index (χ0) is 18.9. The molecule has 5 nitrogen and oxygen atoms in total. The minimum absolute atomic E-state index is 0.0378. The molecule has 0 atom stereocenters. The third-order valence-electron chi connectivity index (χ3n) is 3.57. The summed E-state index contributed by atoms with van der Waals surface area (Å²) in [5.74, 6) is 0.724. The maximum atomic E-state index is 12.6. The van der Waals surface area contributed by atoms with Crippen LogP contribution in [0, 0.1) is 0 Å². The smallest absolute Gasteiger partial charge is 0.416 e. The first-order valence-electron chi connectivity index (χ1n) is 7.46. The molecule has 0 saturated carbocycles. The van der Waals surface area contributed by atoms with Gasteiger partial charge in [-0.25, -0.2) is 8.42 Å². The van der Waals surface area contributed by atoms with Crippen LogP contribution in [-0.4, -0.2) is 21.6 Å². The summed E-state index contributed by atoms with van der Waals surface area (Å²) < 4.78 is 75.8. The molecule has 26 heavy (non-hydrogen) atoms. The van der Waals surface area contributed by atoms with Crippen LogP contribution >= 0.6 is 11.6 Å². The van der Waals surface area contributed by atoms with Gasteiger partial charge in [0.25, 0.3) is 10.0 Å². The molecule has 0 unspecified atom stereocenters. The van der Waals surface area contributed by atoms with Gasteiger partial charge in [0.05, 0.1) is 34.4 Å². The quantitative estimate of drug-likeness (QED) is 0.823. The lowest BCUT2D eigenvalue weighted by molar-refractivity contribution is -0.137. The summed E-state index contributed by atoms with van der Waals surface area (Å²) in [6.45, 7) is 0.847. The van der Waals surface area contributed by atoms with E-state index in [0.717, 1.165) is 12.1 Å². The molecule has 140 valence electrons. The number of sulfonamides is 1. The highest BCUT2D eigenvalue weighted by molar-refractivity contribution is 7.92. The van der Waals surface area contributed by atoms with Crippen molar-refractivity contribution in [1.29, 1.82) is 0 Å². The van der Waals surface area contributed by atoms with E-state index in [1.807, 2.05) is 0 Å². The van der Waals surface area contributed by atoms with Crippen molar-refractivity contribution >= 4 is 27.3 Å². The van der Waals surface area contributed by atoms with Crippen molar-refractivity contribution in [1.82, 2.24) is 0 Å². The van der Waals surface area contributed by atoms with Gasteiger partial charge >= 0.3 is 6.18 Å². The number of hydrogen-bond acceptors (Lipinski definition) is 4. The Morgan fingerprint density at radius 2 is 1.58 bits per heavy atom. The lowest BCUT2D eigenvalue weighted by Gasteiger charge is -2.14. The Labute approximate surface area is 152 Å². The van der Waals surface area contributed by atoms with Gasteiger partial charge in [0.15, 0.2) is 11.5 Å². The van der Waals surface area contributed by atoms with Crippen LogP contribution in [0.3, 0.4) is 0 Å². The lowest BCUT2D eigenvalue weighted by Crippen LogP contribution is -2.14. The van der Waals surface area contributed by atoms with Gasteiger partial charge < -0.3 is 9.47 Å². The van der Waals surface area contributed by atoms with E-state index in [1.54, 1.807) is 0 Å². The largest absolute Gasteiger partial charge is 0.490 e. The molecular weight excluding hydrogens is 395 g/mol. The molecule has 2 aromatic carbocycles. The highest BCUT2D eigenvalue weighted by Crippen LogP contribution is 2.38. The van der Waals surface area contributed by atoms with E-state index >= 15 is 0 Å². The predicted molar refractivity (Wildman–Crippen MR) is 89.3 cm³/mol. The zero-order valence-electron chi connectivity index (χ0n) is 13.1. The number of halogens is 4. The molecule has 1 aliphatic heterocycles. The summed E-state index contributed by atoms with van der Waals surface area (Å²) in [5, 5.41) is 0.0738. The van der Waals surface area contributed by atoms with Crippen molar-refractivity contribution in [2.75, 3.05) is 17.9 Å². The van der Waals surface area contributed by atoms with E-state index in [9.17, 15) is 21.6 Å². The molecule has 0 amide bonds. The standard InChI is InChI=1S/C16H13ClF3NO4S/c17-12-8-14-15(25-7-1-6-24-14)9-13(12)21-26(22,23)11-4-2-10(3-5-11)16(18,19)20/h2-5,8-9,21H,1,6-7H2. The Hall–Kier alpha value is -2.13. The van der Waals surface area contributed by atoms with E-state index < -0.39 is 21.8 Å². The molecule has 2 aromatic rings. The second-order valence-corrected chi connectivity index (χ2v) is 7.55. The van der Waals surface area contributed by atoms with Crippen molar-refractivity contribution in [3.8, 4) is 11.5 Å². The van der Waals surface area contributed by atoms with Crippen LogP contribution in [-0.2, 0) is 16.2 Å². The zero-order valence-corrected chi connectivity index (χ0v) is 14.7. The minimum atomic E-state index is -4.55. The van der Waals surface area contributed by atoms with Gasteiger partial charge in [-0.15, -0.1) is 0 Å². The van der Waals surface area contributed by atoms with Crippen molar-refractivity contribution in [3.05, 3.63) is 47.0 Å². The average molecular weight is 408 g/mol. The molecule has 0 radical (unpaired) electrons. The van der Waals surface area contributed by atoms with E-state index in [0.29, 0.717) is 43.3 Å². The number of alkyl halides is 3. The second-order valence-electron chi connectivity index (χ2n) is 5.46. The summed E-state index contributed by atoms with van der Waals surface area (Å²) in [6, 6.07) is 5.95. The Morgan fingerprint density at radius 3 is 2.15 bits per heavy atom. The third-order valence-corrected chi connectivity index (χ3v) is 5.27. The van der Waals surface area contributed by atoms with Crippen LogP contribution in [0.4, 0.5) is 18.9 Å². The molecule has 0 fully saturated rings. The van der Waals surface area contributed by atoms with Gasteiger partial charge in [-0.2, -0.15) is 13.2 Å². The van der Waals surface area contributed by atoms with Crippen LogP contribution in [0.1, 0.15) is 12.0 Å². The molecule has 0 aromatic heterocycles.